The Kier molecular flexibility index (Phi) is 4.27. The zero-order valence-electron chi connectivity index (χ0n) is 15.8. The third-order valence-corrected chi connectivity index (χ3v) is 6.48. The van der Waals surface area contributed by atoms with Gasteiger partial charge in [-0.2, -0.15) is 5.10 Å². The van der Waals surface area contributed by atoms with Gasteiger partial charge in [0.25, 0.3) is 5.56 Å². The van der Waals surface area contributed by atoms with Gasteiger partial charge in [-0.25, -0.2) is 17.8 Å². The van der Waals surface area contributed by atoms with Crippen LogP contribution >= 0.6 is 0 Å². The molecule has 0 atom stereocenters. The summed E-state index contributed by atoms with van der Waals surface area (Å²) in [6.07, 6.45) is 1.61. The van der Waals surface area contributed by atoms with E-state index in [1.54, 1.807) is 26.1 Å². The van der Waals surface area contributed by atoms with E-state index in [2.05, 4.69) is 20.3 Å². The minimum atomic E-state index is -3.72. The number of nitrogens with zero attached hydrogens (tertiary/aromatic N) is 3. The Bertz CT molecular complexity index is 1220. The molecule has 2 aromatic heterocycles. The van der Waals surface area contributed by atoms with Crippen molar-refractivity contribution < 1.29 is 12.9 Å². The van der Waals surface area contributed by atoms with E-state index >= 15 is 0 Å². The summed E-state index contributed by atoms with van der Waals surface area (Å²) < 4.78 is 34.5. The summed E-state index contributed by atoms with van der Waals surface area (Å²) in [5.41, 5.74) is -0.101. The van der Waals surface area contributed by atoms with E-state index in [0.29, 0.717) is 22.7 Å². The van der Waals surface area contributed by atoms with Gasteiger partial charge in [-0.05, 0) is 44.9 Å². The van der Waals surface area contributed by atoms with Crippen LogP contribution in [0.2, 0.25) is 0 Å². The number of benzene rings is 1. The van der Waals surface area contributed by atoms with Crippen molar-refractivity contribution in [2.75, 3.05) is 12.4 Å². The molecule has 0 amide bonds. The lowest BCUT2D eigenvalue weighted by molar-refractivity contribution is 0.366. The minimum Gasteiger partial charge on any atom is -0.371 e. The smallest absolute Gasteiger partial charge is 0.275 e. The van der Waals surface area contributed by atoms with Crippen LogP contribution < -0.4 is 15.6 Å². The molecule has 0 saturated heterocycles. The average Bonchev–Trinajstić information content (AvgIpc) is 3.22. The van der Waals surface area contributed by atoms with Gasteiger partial charge in [0.1, 0.15) is 6.54 Å². The lowest BCUT2D eigenvalue weighted by atomic mass is 10.2. The molecule has 1 aliphatic rings. The van der Waals surface area contributed by atoms with Gasteiger partial charge < -0.3 is 9.84 Å². The Morgan fingerprint density at radius 1 is 1.25 bits per heavy atom. The van der Waals surface area contributed by atoms with Gasteiger partial charge in [-0.1, -0.05) is 5.16 Å². The quantitative estimate of drug-likeness (QED) is 0.642. The number of aromatic nitrogens is 3. The first-order chi connectivity index (χ1) is 13.2. The third kappa shape index (κ3) is 3.40. The predicted octanol–water partition coefficient (Wildman–Crippen LogP) is 1.61. The van der Waals surface area contributed by atoms with Crippen LogP contribution in [0.1, 0.15) is 31.2 Å². The number of aryl methyl sites for hydroxylation is 1. The molecule has 2 heterocycles. The number of hydrogen-bond acceptors (Lipinski definition) is 7. The van der Waals surface area contributed by atoms with Crippen molar-refractivity contribution in [1.29, 1.82) is 0 Å². The normalized spacial score (nSPS) is 15.7. The van der Waals surface area contributed by atoms with E-state index in [1.165, 1.54) is 16.8 Å². The molecule has 1 aliphatic carbocycles. The number of sulfonamides is 1. The van der Waals surface area contributed by atoms with Crippen molar-refractivity contribution in [2.24, 2.45) is 0 Å². The minimum absolute atomic E-state index is 0.0561. The number of rotatable bonds is 6. The standard InChI is InChI=1S/C18H21N5O4S/c1-11-8-12(27-21-11)10-23-17(24)15-9-13(4-5-14(15)16(19-3)20-23)28(25,26)22-18(2)6-7-18/h4-5,8-9,22H,6-7,10H2,1-3H3,(H,19,20). The number of fused-ring (bicyclic) bond motifs is 1. The van der Waals surface area contributed by atoms with E-state index in [1.807, 2.05) is 6.92 Å². The largest absolute Gasteiger partial charge is 0.371 e. The lowest BCUT2D eigenvalue weighted by Gasteiger charge is -2.14. The van der Waals surface area contributed by atoms with E-state index in [9.17, 15) is 13.2 Å². The van der Waals surface area contributed by atoms with E-state index in [0.717, 1.165) is 12.8 Å². The second-order valence-corrected chi connectivity index (χ2v) is 9.05. The molecular formula is C18H21N5O4S. The third-order valence-electron chi connectivity index (χ3n) is 4.84. The Hall–Kier alpha value is -2.72. The maximum atomic E-state index is 13.0. The highest BCUT2D eigenvalue weighted by Gasteiger charge is 2.41. The van der Waals surface area contributed by atoms with Gasteiger partial charge in [0.2, 0.25) is 10.0 Å². The molecule has 148 valence electrons. The van der Waals surface area contributed by atoms with Gasteiger partial charge in [0.05, 0.1) is 16.0 Å². The van der Waals surface area contributed by atoms with Crippen molar-refractivity contribution in [3.8, 4) is 0 Å². The summed E-state index contributed by atoms with van der Waals surface area (Å²) in [7, 11) is -2.03. The zero-order valence-corrected chi connectivity index (χ0v) is 16.6. The number of nitrogens with one attached hydrogen (secondary N) is 2. The van der Waals surface area contributed by atoms with Crippen molar-refractivity contribution in [2.45, 2.75) is 43.7 Å². The molecule has 0 aliphatic heterocycles. The second-order valence-electron chi connectivity index (χ2n) is 7.37. The van der Waals surface area contributed by atoms with Crippen LogP contribution in [0.25, 0.3) is 10.8 Å². The zero-order chi connectivity index (χ0) is 20.1. The second kappa shape index (κ2) is 6.42. The molecule has 1 aromatic carbocycles. The molecule has 9 nitrogen and oxygen atoms in total. The first-order valence-electron chi connectivity index (χ1n) is 8.90. The van der Waals surface area contributed by atoms with Crippen molar-refractivity contribution in [3.63, 3.8) is 0 Å². The fraction of sp³-hybridized carbons (Fsp3) is 0.389. The van der Waals surface area contributed by atoms with Gasteiger partial charge in [-0.15, -0.1) is 0 Å². The predicted molar refractivity (Wildman–Crippen MR) is 104 cm³/mol. The lowest BCUT2D eigenvalue weighted by Crippen LogP contribution is -2.34. The van der Waals surface area contributed by atoms with Gasteiger partial charge >= 0.3 is 0 Å². The fourth-order valence-electron chi connectivity index (χ4n) is 3.04. The summed E-state index contributed by atoms with van der Waals surface area (Å²) in [6, 6.07) is 6.21. The van der Waals surface area contributed by atoms with Crippen LogP contribution in [0.4, 0.5) is 5.82 Å². The van der Waals surface area contributed by atoms with E-state index in [-0.39, 0.29) is 16.8 Å². The molecule has 0 bridgehead atoms. The van der Waals surface area contributed by atoms with Gasteiger partial charge in [0.15, 0.2) is 11.6 Å². The SMILES string of the molecule is CNc1nn(Cc2cc(C)no2)c(=O)c2cc(S(=O)(=O)NC3(C)CC3)ccc12. The Labute approximate surface area is 161 Å². The molecule has 10 heteroatoms. The molecule has 2 N–H and O–H groups in total. The molecule has 1 saturated carbocycles. The van der Waals surface area contributed by atoms with Crippen LogP contribution in [0, 0.1) is 6.92 Å². The van der Waals surface area contributed by atoms with Crippen LogP contribution in [-0.4, -0.2) is 35.9 Å². The summed E-state index contributed by atoms with van der Waals surface area (Å²) in [5, 5.41) is 11.9. The molecule has 0 unspecified atom stereocenters. The molecule has 0 spiro atoms. The van der Waals surface area contributed by atoms with Gasteiger partial charge in [-0.3, -0.25) is 4.79 Å². The molecule has 0 radical (unpaired) electrons. The molecule has 28 heavy (non-hydrogen) atoms. The Morgan fingerprint density at radius 2 is 2.00 bits per heavy atom. The molecule has 3 aromatic rings. The highest BCUT2D eigenvalue weighted by atomic mass is 32.2. The maximum Gasteiger partial charge on any atom is 0.275 e. The van der Waals surface area contributed by atoms with Crippen molar-refractivity contribution in [1.82, 2.24) is 19.7 Å². The summed E-state index contributed by atoms with van der Waals surface area (Å²) >= 11 is 0. The monoisotopic (exact) mass is 403 g/mol. The summed E-state index contributed by atoms with van der Waals surface area (Å²) in [5.74, 6) is 0.956. The average molecular weight is 403 g/mol. The van der Waals surface area contributed by atoms with Crippen LogP contribution in [0.15, 0.2) is 38.5 Å². The van der Waals surface area contributed by atoms with Gasteiger partial charge in [0, 0.05) is 24.0 Å². The van der Waals surface area contributed by atoms with Crippen molar-refractivity contribution >= 4 is 26.6 Å². The number of hydrogen-bond donors (Lipinski definition) is 2. The summed E-state index contributed by atoms with van der Waals surface area (Å²) in [4.78, 5) is 13.0. The first-order valence-corrected chi connectivity index (χ1v) is 10.4. The van der Waals surface area contributed by atoms with E-state index < -0.39 is 21.1 Å². The fourth-order valence-corrected chi connectivity index (χ4v) is 4.53. The van der Waals surface area contributed by atoms with Crippen LogP contribution in [0.3, 0.4) is 0 Å². The van der Waals surface area contributed by atoms with Crippen molar-refractivity contribution in [3.05, 3.63) is 46.1 Å². The number of anilines is 1. The highest BCUT2D eigenvalue weighted by molar-refractivity contribution is 7.89. The Balaban J connectivity index is 1.82. The van der Waals surface area contributed by atoms with E-state index in [4.69, 9.17) is 4.52 Å². The molecule has 4 rings (SSSR count). The van der Waals surface area contributed by atoms with Crippen LogP contribution in [0.5, 0.6) is 0 Å². The van der Waals surface area contributed by atoms with Crippen LogP contribution in [-0.2, 0) is 16.6 Å². The molecule has 1 fully saturated rings. The Morgan fingerprint density at radius 3 is 2.61 bits per heavy atom. The first kappa shape index (κ1) is 18.6. The molecular weight excluding hydrogens is 382 g/mol. The topological polar surface area (TPSA) is 119 Å². The summed E-state index contributed by atoms with van der Waals surface area (Å²) in [6.45, 7) is 3.74. The highest BCUT2D eigenvalue weighted by Crippen LogP contribution is 2.36. The maximum absolute atomic E-state index is 13.0.